The predicted octanol–water partition coefficient (Wildman–Crippen LogP) is 4.73. The molecule has 3 aromatic carbocycles. The van der Waals surface area contributed by atoms with Gasteiger partial charge in [-0.05, 0) is 35.7 Å². The van der Waals surface area contributed by atoms with Crippen molar-refractivity contribution in [2.75, 3.05) is 44.7 Å². The van der Waals surface area contributed by atoms with E-state index in [1.165, 1.54) is 22.4 Å². The second-order valence-electron chi connectivity index (χ2n) is 7.31. The van der Waals surface area contributed by atoms with Crippen LogP contribution in [-0.2, 0) is 6.42 Å². The number of benzene rings is 3. The summed E-state index contributed by atoms with van der Waals surface area (Å²) in [6.07, 6.45) is 1.07. The molecular formula is C25H28N2O. The fourth-order valence-electron chi connectivity index (χ4n) is 3.94. The molecule has 1 saturated heterocycles. The summed E-state index contributed by atoms with van der Waals surface area (Å²) < 4.78 is 5.34. The lowest BCUT2D eigenvalue weighted by Crippen LogP contribution is -2.47. The van der Waals surface area contributed by atoms with Gasteiger partial charge in [0.1, 0.15) is 5.75 Å². The standard InChI is InChI=1S/C25H28N2O/c1-28-23-11-7-8-21(20-23)14-15-26-16-18-27(19-17-26)25-13-6-5-12-24(25)22-9-3-2-4-10-22/h2-13,20H,14-19H2,1H3. The number of ether oxygens (including phenoxy) is 1. The van der Waals surface area contributed by atoms with E-state index >= 15 is 0 Å². The van der Waals surface area contributed by atoms with Crippen LogP contribution in [0.2, 0.25) is 0 Å². The third-order valence-corrected chi connectivity index (χ3v) is 5.55. The van der Waals surface area contributed by atoms with Crippen molar-refractivity contribution in [3.8, 4) is 16.9 Å². The molecular weight excluding hydrogens is 344 g/mol. The van der Waals surface area contributed by atoms with E-state index in [9.17, 15) is 0 Å². The molecule has 1 heterocycles. The van der Waals surface area contributed by atoms with Gasteiger partial charge in [0.25, 0.3) is 0 Å². The van der Waals surface area contributed by atoms with E-state index in [-0.39, 0.29) is 0 Å². The molecule has 0 bridgehead atoms. The van der Waals surface area contributed by atoms with E-state index < -0.39 is 0 Å². The van der Waals surface area contributed by atoms with Crippen LogP contribution in [0.1, 0.15) is 5.56 Å². The number of rotatable bonds is 6. The van der Waals surface area contributed by atoms with Gasteiger partial charge in [-0.3, -0.25) is 4.90 Å². The zero-order valence-electron chi connectivity index (χ0n) is 16.6. The summed E-state index contributed by atoms with van der Waals surface area (Å²) in [7, 11) is 1.73. The van der Waals surface area contributed by atoms with E-state index in [2.05, 4.69) is 82.6 Å². The van der Waals surface area contributed by atoms with Crippen LogP contribution in [0, 0.1) is 0 Å². The van der Waals surface area contributed by atoms with Gasteiger partial charge in [0.05, 0.1) is 7.11 Å². The molecule has 0 unspecified atom stereocenters. The minimum Gasteiger partial charge on any atom is -0.497 e. The van der Waals surface area contributed by atoms with Crippen molar-refractivity contribution < 1.29 is 4.74 Å². The molecule has 3 aromatic rings. The normalized spacial score (nSPS) is 14.8. The molecule has 1 fully saturated rings. The first-order valence-corrected chi connectivity index (χ1v) is 10.1. The maximum absolute atomic E-state index is 5.34. The Morgan fingerprint density at radius 2 is 1.54 bits per heavy atom. The molecule has 4 rings (SSSR count). The summed E-state index contributed by atoms with van der Waals surface area (Å²) in [6.45, 7) is 5.45. The van der Waals surface area contributed by atoms with Crippen molar-refractivity contribution in [2.45, 2.75) is 6.42 Å². The monoisotopic (exact) mass is 372 g/mol. The second-order valence-corrected chi connectivity index (χ2v) is 7.31. The third kappa shape index (κ3) is 4.37. The van der Waals surface area contributed by atoms with Crippen molar-refractivity contribution in [1.82, 2.24) is 4.90 Å². The van der Waals surface area contributed by atoms with Crippen LogP contribution < -0.4 is 9.64 Å². The molecule has 0 atom stereocenters. The van der Waals surface area contributed by atoms with Crippen molar-refractivity contribution in [1.29, 1.82) is 0 Å². The predicted molar refractivity (Wildman–Crippen MR) is 117 cm³/mol. The molecule has 0 radical (unpaired) electrons. The van der Waals surface area contributed by atoms with E-state index in [0.29, 0.717) is 0 Å². The summed E-state index contributed by atoms with van der Waals surface area (Å²) >= 11 is 0. The first-order valence-electron chi connectivity index (χ1n) is 10.1. The highest BCUT2D eigenvalue weighted by atomic mass is 16.5. The smallest absolute Gasteiger partial charge is 0.119 e. The molecule has 28 heavy (non-hydrogen) atoms. The summed E-state index contributed by atoms with van der Waals surface area (Å²) in [5, 5.41) is 0. The number of nitrogens with zero attached hydrogens (tertiary/aromatic N) is 2. The summed E-state index contributed by atoms with van der Waals surface area (Å²) in [5.74, 6) is 0.944. The minimum absolute atomic E-state index is 0.944. The molecule has 1 aliphatic rings. The van der Waals surface area contributed by atoms with Gasteiger partial charge in [0.15, 0.2) is 0 Å². The van der Waals surface area contributed by atoms with Crippen LogP contribution in [0.4, 0.5) is 5.69 Å². The van der Waals surface area contributed by atoms with Gasteiger partial charge < -0.3 is 9.64 Å². The average Bonchev–Trinajstić information content (AvgIpc) is 2.79. The van der Waals surface area contributed by atoms with Crippen LogP contribution in [-0.4, -0.2) is 44.7 Å². The fourth-order valence-corrected chi connectivity index (χ4v) is 3.94. The topological polar surface area (TPSA) is 15.7 Å². The Bertz CT molecular complexity index is 886. The Morgan fingerprint density at radius 1 is 0.786 bits per heavy atom. The van der Waals surface area contributed by atoms with Gasteiger partial charge in [-0.2, -0.15) is 0 Å². The highest BCUT2D eigenvalue weighted by Gasteiger charge is 2.19. The molecule has 0 aromatic heterocycles. The molecule has 0 saturated carbocycles. The number of hydrogen-bond donors (Lipinski definition) is 0. The van der Waals surface area contributed by atoms with Gasteiger partial charge >= 0.3 is 0 Å². The molecule has 3 nitrogen and oxygen atoms in total. The lowest BCUT2D eigenvalue weighted by molar-refractivity contribution is 0.261. The van der Waals surface area contributed by atoms with E-state index in [4.69, 9.17) is 4.74 Å². The zero-order valence-corrected chi connectivity index (χ0v) is 16.6. The van der Waals surface area contributed by atoms with Crippen LogP contribution in [0.25, 0.3) is 11.1 Å². The molecule has 0 amide bonds. The highest BCUT2D eigenvalue weighted by molar-refractivity contribution is 5.78. The van der Waals surface area contributed by atoms with Crippen molar-refractivity contribution in [2.24, 2.45) is 0 Å². The quantitative estimate of drug-likeness (QED) is 0.622. The van der Waals surface area contributed by atoms with Crippen molar-refractivity contribution in [3.63, 3.8) is 0 Å². The highest BCUT2D eigenvalue weighted by Crippen LogP contribution is 2.31. The summed E-state index contributed by atoms with van der Waals surface area (Å²) in [5.41, 5.74) is 5.31. The number of piperazine rings is 1. The number of para-hydroxylation sites is 1. The Kier molecular flexibility index (Phi) is 5.93. The third-order valence-electron chi connectivity index (χ3n) is 5.55. The number of methoxy groups -OCH3 is 1. The fraction of sp³-hybridized carbons (Fsp3) is 0.280. The van der Waals surface area contributed by atoms with Gasteiger partial charge in [0.2, 0.25) is 0 Å². The Balaban J connectivity index is 1.37. The maximum Gasteiger partial charge on any atom is 0.119 e. The van der Waals surface area contributed by atoms with Crippen LogP contribution >= 0.6 is 0 Å². The second kappa shape index (κ2) is 8.94. The van der Waals surface area contributed by atoms with E-state index in [0.717, 1.165) is 44.9 Å². The van der Waals surface area contributed by atoms with Crippen LogP contribution in [0.3, 0.4) is 0 Å². The first-order chi connectivity index (χ1) is 13.8. The maximum atomic E-state index is 5.34. The van der Waals surface area contributed by atoms with Gasteiger partial charge in [-0.15, -0.1) is 0 Å². The van der Waals surface area contributed by atoms with E-state index in [1.807, 2.05) is 6.07 Å². The van der Waals surface area contributed by atoms with Crippen molar-refractivity contribution >= 4 is 5.69 Å². The minimum atomic E-state index is 0.944. The van der Waals surface area contributed by atoms with Crippen LogP contribution in [0.15, 0.2) is 78.9 Å². The van der Waals surface area contributed by atoms with Gasteiger partial charge in [0, 0.05) is 44.0 Å². The zero-order chi connectivity index (χ0) is 19.2. The SMILES string of the molecule is COc1cccc(CCN2CCN(c3ccccc3-c3ccccc3)CC2)c1. The Labute approximate surface area is 168 Å². The Morgan fingerprint density at radius 3 is 2.32 bits per heavy atom. The van der Waals surface area contributed by atoms with Gasteiger partial charge in [-0.25, -0.2) is 0 Å². The van der Waals surface area contributed by atoms with E-state index in [1.54, 1.807) is 7.11 Å². The first kappa shape index (κ1) is 18.6. The molecule has 144 valence electrons. The average molecular weight is 373 g/mol. The molecule has 1 aliphatic heterocycles. The summed E-state index contributed by atoms with van der Waals surface area (Å²) in [6, 6.07) is 27.9. The molecule has 3 heteroatoms. The van der Waals surface area contributed by atoms with Crippen molar-refractivity contribution in [3.05, 3.63) is 84.4 Å². The Hall–Kier alpha value is -2.78. The van der Waals surface area contributed by atoms with Crippen LogP contribution in [0.5, 0.6) is 5.75 Å². The van der Waals surface area contributed by atoms with Gasteiger partial charge in [-0.1, -0.05) is 60.7 Å². The summed E-state index contributed by atoms with van der Waals surface area (Å²) in [4.78, 5) is 5.10. The molecule has 0 N–H and O–H groups in total. The largest absolute Gasteiger partial charge is 0.497 e. The molecule has 0 spiro atoms. The lowest BCUT2D eigenvalue weighted by atomic mass is 10.0. The molecule has 0 aliphatic carbocycles. The lowest BCUT2D eigenvalue weighted by Gasteiger charge is -2.37. The number of anilines is 1. The number of hydrogen-bond acceptors (Lipinski definition) is 3.